The molecule has 0 spiro atoms. The third-order valence-electron chi connectivity index (χ3n) is 13.7. The molecule has 7 rings (SSSR count). The monoisotopic (exact) mass is 896 g/mol. The van der Waals surface area contributed by atoms with Gasteiger partial charge in [-0.15, -0.1) is 0 Å². The molecule has 3 aromatic rings. The zero-order chi connectivity index (χ0) is 47.2. The maximum atomic E-state index is 15.8. The standard InChI is InChI=1S/C48H52N2O15/c1-25-31(62-43(57)36(53)35(28-16-10-7-11-17-28)50-41(55)29-18-12-8-13-19-29)23-48(59)40(64-42(56)30-20-14-9-15-21-30)38-46(6,39(54)37(61-26(2)51)34(25)45(48,4)5)32(63-44(49)58)22-33-47(38,24-60-33)65-27(3)52/h7-21,31-33,35-38,40,53,59H,22-24H2,1-6H3,(H2,49,58)(H,50,55)/t31-,32-,33+,35-,36+,37+,38-,40-,46+,47-,48+/m0/s1. The molecule has 0 radical (unpaired) electrons. The third kappa shape index (κ3) is 8.05. The first kappa shape index (κ1) is 46.6. The molecular weight excluding hydrogens is 845 g/mol. The van der Waals surface area contributed by atoms with Gasteiger partial charge in [-0.2, -0.15) is 0 Å². The molecule has 4 aliphatic rings. The summed E-state index contributed by atoms with van der Waals surface area (Å²) in [5.41, 5.74) is -1.89. The van der Waals surface area contributed by atoms with Gasteiger partial charge < -0.3 is 49.7 Å². The second-order valence-electron chi connectivity index (χ2n) is 17.8. The van der Waals surface area contributed by atoms with E-state index in [9.17, 15) is 39.0 Å². The summed E-state index contributed by atoms with van der Waals surface area (Å²) < 4.78 is 36.2. The Balaban J connectivity index is 1.42. The van der Waals surface area contributed by atoms with Gasteiger partial charge in [0.05, 0.1) is 29.5 Å². The zero-order valence-corrected chi connectivity index (χ0v) is 36.7. The smallest absolute Gasteiger partial charge is 0.404 e. The Labute approximate surface area is 374 Å². The first-order valence-electron chi connectivity index (χ1n) is 21.1. The van der Waals surface area contributed by atoms with Crippen LogP contribution < -0.4 is 11.1 Å². The Morgan fingerprint density at radius 3 is 1.94 bits per heavy atom. The van der Waals surface area contributed by atoms with E-state index in [1.807, 2.05) is 0 Å². The average molecular weight is 897 g/mol. The number of carbonyl (C=O) groups is 7. The molecule has 3 aromatic carbocycles. The number of amides is 2. The summed E-state index contributed by atoms with van der Waals surface area (Å²) in [4.78, 5) is 96.9. The van der Waals surface area contributed by atoms with Crippen LogP contribution in [0.1, 0.15) is 86.7 Å². The van der Waals surface area contributed by atoms with Crippen molar-refractivity contribution in [3.8, 4) is 0 Å². The van der Waals surface area contributed by atoms with Crippen molar-refractivity contribution in [1.29, 1.82) is 0 Å². The maximum Gasteiger partial charge on any atom is 0.404 e. The SMILES string of the molecule is CC(=O)O[C@H]1C(=O)[C@]2(C)[C@@H](OC(N)=O)C[C@H]3OC[C@@]3(OC(C)=O)[C@H]2[C@H](OC(=O)c2ccccc2)[C@]2(O)C[C@H](OC(=O)[C@H](O)[C@@H](NC(=O)c3ccccc3)c3ccccc3)C(C)=C1C2(C)C. The number of hydrogen-bond donors (Lipinski definition) is 4. The minimum absolute atomic E-state index is 0.0313. The normalized spacial score (nSPS) is 30.8. The summed E-state index contributed by atoms with van der Waals surface area (Å²) in [6.45, 7) is 7.76. The number of Topliss-reactive ketones (excluding diaryl/α,β-unsaturated/α-hetero) is 1. The molecule has 1 saturated heterocycles. The van der Waals surface area contributed by atoms with Gasteiger partial charge in [-0.05, 0) is 54.8 Å². The Morgan fingerprint density at radius 2 is 1.40 bits per heavy atom. The summed E-state index contributed by atoms with van der Waals surface area (Å²) in [6.07, 6.45) is -12.2. The van der Waals surface area contributed by atoms with E-state index < -0.39 is 119 Å². The van der Waals surface area contributed by atoms with E-state index in [2.05, 4.69) is 5.32 Å². The molecule has 2 bridgehead atoms. The highest BCUT2D eigenvalue weighted by atomic mass is 16.6. The fourth-order valence-corrected chi connectivity index (χ4v) is 10.5. The van der Waals surface area contributed by atoms with Crippen LogP contribution in [-0.2, 0) is 47.6 Å². The first-order chi connectivity index (χ1) is 30.7. The van der Waals surface area contributed by atoms with Crippen LogP contribution in [0.2, 0.25) is 0 Å². The van der Waals surface area contributed by atoms with Gasteiger partial charge in [0.15, 0.2) is 23.6 Å². The van der Waals surface area contributed by atoms with Gasteiger partial charge in [-0.3, -0.25) is 19.2 Å². The lowest BCUT2D eigenvalue weighted by Crippen LogP contribution is -2.82. The number of aliphatic hydroxyl groups is 2. The number of esters is 4. The predicted molar refractivity (Wildman–Crippen MR) is 226 cm³/mol. The molecule has 17 heteroatoms. The average Bonchev–Trinajstić information content (AvgIpc) is 3.26. The van der Waals surface area contributed by atoms with Crippen LogP contribution in [0.5, 0.6) is 0 Å². The Bertz CT molecular complexity index is 2410. The topological polar surface area (TPSA) is 253 Å². The van der Waals surface area contributed by atoms with Gasteiger partial charge in [0.2, 0.25) is 0 Å². The van der Waals surface area contributed by atoms with Gasteiger partial charge in [0.1, 0.15) is 30.0 Å². The molecule has 1 aliphatic heterocycles. The molecule has 0 aromatic heterocycles. The highest BCUT2D eigenvalue weighted by Gasteiger charge is 2.79. The number of carbonyl (C=O) groups excluding carboxylic acids is 7. The van der Waals surface area contributed by atoms with Crippen LogP contribution in [0.3, 0.4) is 0 Å². The number of rotatable bonds is 11. The van der Waals surface area contributed by atoms with Crippen LogP contribution in [0.15, 0.2) is 102 Å². The first-order valence-corrected chi connectivity index (χ1v) is 21.1. The Hall–Kier alpha value is -6.43. The molecule has 5 N–H and O–H groups in total. The van der Waals surface area contributed by atoms with Crippen molar-refractivity contribution in [2.75, 3.05) is 6.61 Å². The van der Waals surface area contributed by atoms with Crippen molar-refractivity contribution >= 4 is 41.7 Å². The molecule has 1 heterocycles. The van der Waals surface area contributed by atoms with E-state index in [-0.39, 0.29) is 35.3 Å². The Kier molecular flexibility index (Phi) is 12.5. The van der Waals surface area contributed by atoms with E-state index in [0.29, 0.717) is 5.56 Å². The van der Waals surface area contributed by atoms with Gasteiger partial charge in [-0.25, -0.2) is 14.4 Å². The number of hydrogen-bond acceptors (Lipinski definition) is 15. The second kappa shape index (κ2) is 17.5. The van der Waals surface area contributed by atoms with Gasteiger partial charge >= 0.3 is 30.0 Å². The van der Waals surface area contributed by atoms with E-state index in [0.717, 1.165) is 13.8 Å². The molecule has 2 saturated carbocycles. The molecule has 17 nitrogen and oxygen atoms in total. The fraction of sp³-hybridized carbons (Fsp3) is 0.438. The lowest BCUT2D eigenvalue weighted by Gasteiger charge is -2.67. The molecule has 0 unspecified atom stereocenters. The molecule has 65 heavy (non-hydrogen) atoms. The predicted octanol–water partition coefficient (Wildman–Crippen LogP) is 3.84. The second-order valence-corrected chi connectivity index (χ2v) is 17.8. The summed E-state index contributed by atoms with van der Waals surface area (Å²) >= 11 is 0. The number of fused-ring (bicyclic) bond motifs is 5. The minimum atomic E-state index is -2.46. The number of aliphatic hydroxyl groups excluding tert-OH is 1. The van der Waals surface area contributed by atoms with Crippen LogP contribution in [-0.4, -0.2) is 106 Å². The number of nitrogens with two attached hydrogens (primary N) is 1. The number of primary amides is 1. The molecule has 2 amide bonds. The van der Waals surface area contributed by atoms with Crippen LogP contribution in [0.4, 0.5) is 4.79 Å². The molecule has 344 valence electrons. The molecule has 3 fully saturated rings. The van der Waals surface area contributed by atoms with Crippen molar-refractivity contribution in [2.24, 2.45) is 22.5 Å². The third-order valence-corrected chi connectivity index (χ3v) is 13.7. The van der Waals surface area contributed by atoms with Crippen LogP contribution >= 0.6 is 0 Å². The van der Waals surface area contributed by atoms with Crippen molar-refractivity contribution in [1.82, 2.24) is 5.32 Å². The number of ketones is 1. The van der Waals surface area contributed by atoms with Gasteiger partial charge in [0, 0.05) is 37.7 Å². The van der Waals surface area contributed by atoms with Gasteiger partial charge in [-0.1, -0.05) is 80.6 Å². The summed E-state index contributed by atoms with van der Waals surface area (Å²) in [7, 11) is 0. The van der Waals surface area contributed by atoms with Crippen molar-refractivity contribution in [2.45, 2.75) is 108 Å². The highest BCUT2D eigenvalue weighted by molar-refractivity contribution is 5.96. The lowest BCUT2D eigenvalue weighted by molar-refractivity contribution is -0.345. The van der Waals surface area contributed by atoms with Crippen LogP contribution in [0, 0.1) is 16.7 Å². The molecule has 11 atom stereocenters. The number of benzene rings is 3. The Morgan fingerprint density at radius 1 is 0.815 bits per heavy atom. The number of ether oxygens (including phenoxy) is 6. The fourth-order valence-electron chi connectivity index (χ4n) is 10.5. The van der Waals surface area contributed by atoms with Gasteiger partial charge in [0.25, 0.3) is 5.91 Å². The van der Waals surface area contributed by atoms with E-state index in [1.165, 1.54) is 39.8 Å². The van der Waals surface area contributed by atoms with Crippen LogP contribution in [0.25, 0.3) is 0 Å². The summed E-state index contributed by atoms with van der Waals surface area (Å²) in [5.74, 6) is -7.16. The summed E-state index contributed by atoms with van der Waals surface area (Å²) in [5, 5.41) is 28.4. The maximum absolute atomic E-state index is 15.8. The van der Waals surface area contributed by atoms with E-state index >= 15 is 4.79 Å². The zero-order valence-electron chi connectivity index (χ0n) is 36.7. The highest BCUT2D eigenvalue weighted by Crippen LogP contribution is 2.65. The van der Waals surface area contributed by atoms with Crippen molar-refractivity contribution in [3.63, 3.8) is 0 Å². The quantitative estimate of drug-likeness (QED) is 0.121. The van der Waals surface area contributed by atoms with E-state index in [1.54, 1.807) is 78.9 Å². The van der Waals surface area contributed by atoms with E-state index in [4.69, 9.17) is 34.2 Å². The molecular formula is C48H52N2O15. The largest absolute Gasteiger partial charge is 0.456 e. The molecule has 3 aliphatic carbocycles. The minimum Gasteiger partial charge on any atom is -0.456 e. The summed E-state index contributed by atoms with van der Waals surface area (Å²) in [6, 6.07) is 22.7. The van der Waals surface area contributed by atoms with Crippen molar-refractivity contribution < 1.29 is 72.2 Å². The van der Waals surface area contributed by atoms with Crippen molar-refractivity contribution in [3.05, 3.63) is 119 Å². The lowest BCUT2D eigenvalue weighted by atomic mass is 9.44. The number of nitrogens with one attached hydrogen (secondary N) is 1.